The molecule has 0 aliphatic heterocycles. The fourth-order valence-electron chi connectivity index (χ4n) is 2.15. The summed E-state index contributed by atoms with van der Waals surface area (Å²) in [5.74, 6) is -2.45. The highest BCUT2D eigenvalue weighted by molar-refractivity contribution is 5.97. The minimum absolute atomic E-state index is 0.00896. The predicted octanol–water partition coefficient (Wildman–Crippen LogP) is 2.53. The van der Waals surface area contributed by atoms with Crippen LogP contribution in [0.15, 0.2) is 12.1 Å². The molecular formula is C16H21F2NO6. The molecule has 0 saturated carbocycles. The van der Waals surface area contributed by atoms with Gasteiger partial charge >= 0.3 is 12.6 Å². The van der Waals surface area contributed by atoms with E-state index in [-0.39, 0.29) is 35.2 Å². The Labute approximate surface area is 143 Å². The highest BCUT2D eigenvalue weighted by atomic mass is 19.3. The number of hydrogen-bond acceptors (Lipinski definition) is 5. The lowest BCUT2D eigenvalue weighted by Crippen LogP contribution is -2.41. The van der Waals surface area contributed by atoms with Gasteiger partial charge < -0.3 is 24.6 Å². The van der Waals surface area contributed by atoms with Crippen molar-refractivity contribution in [1.82, 2.24) is 5.32 Å². The van der Waals surface area contributed by atoms with Crippen LogP contribution < -0.4 is 19.5 Å². The SMILES string of the molecule is COc1cc(C(=O)N[C@@H](CC(C)C)C(=O)O)cc(OC)c1OC(F)F. The largest absolute Gasteiger partial charge is 0.493 e. The summed E-state index contributed by atoms with van der Waals surface area (Å²) in [5.41, 5.74) is -0.00896. The lowest BCUT2D eigenvalue weighted by atomic mass is 10.0. The van der Waals surface area contributed by atoms with Crippen LogP contribution in [0.1, 0.15) is 30.6 Å². The molecule has 0 aliphatic rings. The van der Waals surface area contributed by atoms with E-state index >= 15 is 0 Å². The summed E-state index contributed by atoms with van der Waals surface area (Å²) in [4.78, 5) is 23.6. The first-order valence-corrected chi connectivity index (χ1v) is 7.44. The van der Waals surface area contributed by atoms with E-state index in [0.29, 0.717) is 0 Å². The number of benzene rings is 1. The molecule has 0 aliphatic carbocycles. The molecule has 9 heteroatoms. The summed E-state index contributed by atoms with van der Waals surface area (Å²) >= 11 is 0. The smallest absolute Gasteiger partial charge is 0.387 e. The number of hydrogen-bond donors (Lipinski definition) is 2. The third-order valence-corrected chi connectivity index (χ3v) is 3.24. The zero-order valence-electron chi connectivity index (χ0n) is 14.3. The molecule has 7 nitrogen and oxygen atoms in total. The molecule has 140 valence electrons. The van der Waals surface area contributed by atoms with Crippen molar-refractivity contribution >= 4 is 11.9 Å². The second-order valence-corrected chi connectivity index (χ2v) is 5.58. The normalized spacial score (nSPS) is 12.0. The molecule has 0 spiro atoms. The number of rotatable bonds is 9. The zero-order valence-corrected chi connectivity index (χ0v) is 14.3. The van der Waals surface area contributed by atoms with Gasteiger partial charge in [-0.2, -0.15) is 8.78 Å². The summed E-state index contributed by atoms with van der Waals surface area (Å²) in [6, 6.07) is 1.26. The second-order valence-electron chi connectivity index (χ2n) is 5.58. The number of methoxy groups -OCH3 is 2. The fraction of sp³-hybridized carbons (Fsp3) is 0.500. The van der Waals surface area contributed by atoms with Gasteiger partial charge in [-0.05, 0) is 24.5 Å². The molecule has 2 N–H and O–H groups in total. The van der Waals surface area contributed by atoms with Crippen molar-refractivity contribution < 1.29 is 37.7 Å². The maximum Gasteiger partial charge on any atom is 0.387 e. The van der Waals surface area contributed by atoms with Crippen LogP contribution in [0.5, 0.6) is 17.2 Å². The number of carboxylic acid groups (broad SMARTS) is 1. The molecule has 0 unspecified atom stereocenters. The molecule has 0 radical (unpaired) electrons. The molecule has 1 aromatic rings. The number of carbonyl (C=O) groups excluding carboxylic acids is 1. The van der Waals surface area contributed by atoms with E-state index in [2.05, 4.69) is 10.1 Å². The monoisotopic (exact) mass is 361 g/mol. The van der Waals surface area contributed by atoms with Gasteiger partial charge in [0.05, 0.1) is 14.2 Å². The summed E-state index contributed by atoms with van der Waals surface area (Å²) < 4.78 is 39.3. The van der Waals surface area contributed by atoms with E-state index in [1.165, 1.54) is 26.4 Å². The van der Waals surface area contributed by atoms with Gasteiger partial charge in [-0.1, -0.05) is 13.8 Å². The van der Waals surface area contributed by atoms with Crippen molar-refractivity contribution in [3.05, 3.63) is 17.7 Å². The zero-order chi connectivity index (χ0) is 19.1. The molecule has 0 heterocycles. The Bertz CT molecular complexity index is 596. The molecule has 0 aromatic heterocycles. The first-order valence-electron chi connectivity index (χ1n) is 7.44. The third kappa shape index (κ3) is 5.77. The topological polar surface area (TPSA) is 94.1 Å². The molecule has 0 saturated heterocycles. The Balaban J connectivity index is 3.15. The van der Waals surface area contributed by atoms with E-state index in [0.717, 1.165) is 0 Å². The average Bonchev–Trinajstić information content (AvgIpc) is 2.53. The van der Waals surface area contributed by atoms with Crippen molar-refractivity contribution in [3.8, 4) is 17.2 Å². The van der Waals surface area contributed by atoms with Crippen LogP contribution >= 0.6 is 0 Å². The van der Waals surface area contributed by atoms with Crippen LogP contribution in [-0.2, 0) is 4.79 Å². The molecule has 25 heavy (non-hydrogen) atoms. The quantitative estimate of drug-likeness (QED) is 0.702. The maximum atomic E-state index is 12.5. The molecule has 1 amide bonds. The van der Waals surface area contributed by atoms with Gasteiger partial charge in [0.1, 0.15) is 6.04 Å². The fourth-order valence-corrected chi connectivity index (χ4v) is 2.15. The van der Waals surface area contributed by atoms with Gasteiger partial charge in [-0.25, -0.2) is 4.79 Å². The van der Waals surface area contributed by atoms with Crippen molar-refractivity contribution in [1.29, 1.82) is 0 Å². The number of carbonyl (C=O) groups is 2. The first kappa shape index (κ1) is 20.5. The van der Waals surface area contributed by atoms with E-state index in [4.69, 9.17) is 9.47 Å². The average molecular weight is 361 g/mol. The molecule has 0 fully saturated rings. The van der Waals surface area contributed by atoms with Crippen molar-refractivity contribution in [2.75, 3.05) is 14.2 Å². The summed E-state index contributed by atoms with van der Waals surface area (Å²) in [6.45, 7) is 0.542. The molecule has 1 rings (SSSR count). The Morgan fingerprint density at radius 2 is 1.68 bits per heavy atom. The number of ether oxygens (including phenoxy) is 3. The number of aliphatic carboxylic acids is 1. The highest BCUT2D eigenvalue weighted by Gasteiger charge is 2.24. The Morgan fingerprint density at radius 1 is 1.16 bits per heavy atom. The molecule has 1 atom stereocenters. The highest BCUT2D eigenvalue weighted by Crippen LogP contribution is 2.39. The lowest BCUT2D eigenvalue weighted by Gasteiger charge is -2.18. The van der Waals surface area contributed by atoms with Gasteiger partial charge in [0.15, 0.2) is 11.5 Å². The second kappa shape index (κ2) is 9.05. The minimum atomic E-state index is -3.11. The van der Waals surface area contributed by atoms with Gasteiger partial charge in [0, 0.05) is 5.56 Å². The first-order chi connectivity index (χ1) is 11.7. The van der Waals surface area contributed by atoms with Crippen molar-refractivity contribution in [2.24, 2.45) is 5.92 Å². The minimum Gasteiger partial charge on any atom is -0.493 e. The van der Waals surface area contributed by atoms with Crippen LogP contribution in [0.3, 0.4) is 0 Å². The number of amides is 1. The Hall–Kier alpha value is -2.58. The van der Waals surface area contributed by atoms with Gasteiger partial charge in [0.25, 0.3) is 5.91 Å². The Morgan fingerprint density at radius 3 is 2.04 bits per heavy atom. The van der Waals surface area contributed by atoms with Gasteiger partial charge in [-0.15, -0.1) is 0 Å². The number of nitrogens with one attached hydrogen (secondary N) is 1. The Kier molecular flexibility index (Phi) is 7.41. The molecule has 1 aromatic carbocycles. The van der Waals surface area contributed by atoms with E-state index in [1.807, 2.05) is 13.8 Å². The third-order valence-electron chi connectivity index (χ3n) is 3.24. The standard InChI is InChI=1S/C16H21F2NO6/c1-8(2)5-10(15(21)22)19-14(20)9-6-11(23-3)13(25-16(17)18)12(7-9)24-4/h6-8,10,16H,5H2,1-4H3,(H,19,20)(H,21,22)/t10-/m0/s1. The lowest BCUT2D eigenvalue weighted by molar-refractivity contribution is -0.139. The van der Waals surface area contributed by atoms with Crippen molar-refractivity contribution in [2.45, 2.75) is 32.9 Å². The van der Waals surface area contributed by atoms with Gasteiger partial charge in [-0.3, -0.25) is 4.79 Å². The summed E-state index contributed by atoms with van der Waals surface area (Å²) in [5, 5.41) is 11.6. The van der Waals surface area contributed by atoms with Crippen LogP contribution in [0.2, 0.25) is 0 Å². The number of halogens is 2. The van der Waals surface area contributed by atoms with E-state index in [1.54, 1.807) is 0 Å². The van der Waals surface area contributed by atoms with Gasteiger partial charge in [0.2, 0.25) is 5.75 Å². The van der Waals surface area contributed by atoms with E-state index < -0.39 is 24.5 Å². The summed E-state index contributed by atoms with van der Waals surface area (Å²) in [6.07, 6.45) is 0.238. The number of alkyl halides is 2. The predicted molar refractivity (Wildman–Crippen MR) is 84.5 cm³/mol. The van der Waals surface area contributed by atoms with Crippen molar-refractivity contribution in [3.63, 3.8) is 0 Å². The van der Waals surface area contributed by atoms with Crippen LogP contribution in [-0.4, -0.2) is 43.9 Å². The van der Waals surface area contributed by atoms with Crippen LogP contribution in [0.25, 0.3) is 0 Å². The number of carboxylic acids is 1. The van der Waals surface area contributed by atoms with E-state index in [9.17, 15) is 23.5 Å². The maximum absolute atomic E-state index is 12.5. The molecule has 0 bridgehead atoms. The summed E-state index contributed by atoms with van der Waals surface area (Å²) in [7, 11) is 2.43. The molecular weight excluding hydrogens is 340 g/mol. The van der Waals surface area contributed by atoms with Crippen LogP contribution in [0.4, 0.5) is 8.78 Å². The van der Waals surface area contributed by atoms with Crippen LogP contribution in [0, 0.1) is 5.92 Å².